The number of nitrogens with one attached hydrogen (secondary N) is 1. The van der Waals surface area contributed by atoms with E-state index in [0.29, 0.717) is 24.9 Å². The van der Waals surface area contributed by atoms with E-state index in [9.17, 15) is 22.0 Å². The molecule has 1 N–H and O–H groups in total. The molecule has 1 aromatic rings. The number of nitrogens with zero attached hydrogens (tertiary/aromatic N) is 1. The van der Waals surface area contributed by atoms with Gasteiger partial charge in [0.2, 0.25) is 15.9 Å². The number of likely N-dealkylation sites (tertiary alicyclic amines) is 1. The number of sulfonamides is 1. The second-order valence-corrected chi connectivity index (χ2v) is 10.8. The fourth-order valence-electron chi connectivity index (χ4n) is 4.95. The summed E-state index contributed by atoms with van der Waals surface area (Å²) in [5.74, 6) is -1.02. The third kappa shape index (κ3) is 6.71. The average molecular weight is 473 g/mol. The lowest BCUT2D eigenvalue weighted by molar-refractivity contribution is -0.138. The van der Waals surface area contributed by atoms with Crippen LogP contribution >= 0.6 is 0 Å². The predicted molar refractivity (Wildman–Crippen MR) is 119 cm³/mol. The SMILES string of the molecule is CCCC(=O)N1CCC[C@H](NS(C)(=O)=O)[C@@H]1COC1CCC(c2ccc(F)cc2F)CC1. The van der Waals surface area contributed by atoms with Gasteiger partial charge in [0.25, 0.3) is 0 Å². The molecular formula is C23H34F2N2O4S. The zero-order valence-corrected chi connectivity index (χ0v) is 19.7. The zero-order valence-electron chi connectivity index (χ0n) is 18.9. The van der Waals surface area contributed by atoms with Gasteiger partial charge in [-0.25, -0.2) is 21.9 Å². The number of piperidine rings is 1. The van der Waals surface area contributed by atoms with E-state index in [2.05, 4.69) is 4.72 Å². The van der Waals surface area contributed by atoms with Crippen molar-refractivity contribution in [3.8, 4) is 0 Å². The number of carbonyl (C=O) groups excluding carboxylic acids is 1. The molecule has 0 spiro atoms. The van der Waals surface area contributed by atoms with Crippen LogP contribution in [0.3, 0.4) is 0 Å². The molecule has 1 aliphatic carbocycles. The van der Waals surface area contributed by atoms with Gasteiger partial charge in [-0.05, 0) is 62.5 Å². The molecule has 0 radical (unpaired) electrons. The van der Waals surface area contributed by atoms with E-state index < -0.39 is 21.7 Å². The fourth-order valence-corrected chi connectivity index (χ4v) is 5.78. The summed E-state index contributed by atoms with van der Waals surface area (Å²) >= 11 is 0. The molecule has 1 amide bonds. The van der Waals surface area contributed by atoms with Crippen molar-refractivity contribution in [2.45, 2.75) is 82.4 Å². The molecule has 6 nitrogen and oxygen atoms in total. The topological polar surface area (TPSA) is 75.7 Å². The van der Waals surface area contributed by atoms with Crippen LogP contribution in [-0.4, -0.2) is 56.8 Å². The lowest BCUT2D eigenvalue weighted by atomic mass is 9.82. The molecule has 1 aliphatic heterocycles. The van der Waals surface area contributed by atoms with Crippen LogP contribution in [0.1, 0.15) is 69.8 Å². The Morgan fingerprint density at radius 3 is 2.53 bits per heavy atom. The fraction of sp³-hybridized carbons (Fsp3) is 0.696. The van der Waals surface area contributed by atoms with E-state index in [1.165, 1.54) is 12.1 Å². The molecule has 0 unspecified atom stereocenters. The lowest BCUT2D eigenvalue weighted by Gasteiger charge is -2.42. The van der Waals surface area contributed by atoms with Crippen LogP contribution in [0.4, 0.5) is 8.78 Å². The summed E-state index contributed by atoms with van der Waals surface area (Å²) in [6.45, 7) is 2.82. The number of hydrogen-bond acceptors (Lipinski definition) is 4. The van der Waals surface area contributed by atoms with Crippen LogP contribution in [0.5, 0.6) is 0 Å². The molecule has 1 saturated heterocycles. The second-order valence-electron chi connectivity index (χ2n) is 9.02. The Bertz CT molecular complexity index is 888. The number of carbonyl (C=O) groups is 1. The second kappa shape index (κ2) is 11.0. The monoisotopic (exact) mass is 472 g/mol. The van der Waals surface area contributed by atoms with Gasteiger partial charge in [0.15, 0.2) is 0 Å². The van der Waals surface area contributed by atoms with Crippen molar-refractivity contribution in [1.29, 1.82) is 0 Å². The van der Waals surface area contributed by atoms with Crippen molar-refractivity contribution >= 4 is 15.9 Å². The molecule has 3 rings (SSSR count). The van der Waals surface area contributed by atoms with Crippen LogP contribution in [0.15, 0.2) is 18.2 Å². The number of hydrogen-bond donors (Lipinski definition) is 1. The smallest absolute Gasteiger partial charge is 0.222 e. The summed E-state index contributed by atoms with van der Waals surface area (Å²) in [5, 5.41) is 0. The Balaban J connectivity index is 1.61. The summed E-state index contributed by atoms with van der Waals surface area (Å²) < 4.78 is 59.9. The Kier molecular flexibility index (Phi) is 8.63. The number of amides is 1. The van der Waals surface area contributed by atoms with Crippen molar-refractivity contribution in [3.05, 3.63) is 35.4 Å². The minimum absolute atomic E-state index is 0.0246. The van der Waals surface area contributed by atoms with Gasteiger partial charge in [0, 0.05) is 25.1 Å². The van der Waals surface area contributed by atoms with Gasteiger partial charge in [0.1, 0.15) is 11.6 Å². The Morgan fingerprint density at radius 1 is 1.19 bits per heavy atom. The van der Waals surface area contributed by atoms with Gasteiger partial charge >= 0.3 is 0 Å². The number of halogens is 2. The first kappa shape index (κ1) is 25.1. The molecule has 1 heterocycles. The standard InChI is InChI=1S/C23H34F2N2O4S/c1-3-5-23(28)27-13-4-6-21(26-32(2,29)30)22(27)15-31-18-10-7-16(8-11-18)19-12-9-17(24)14-20(19)25/h9,12,14,16,18,21-22,26H,3-8,10-11,13,15H2,1-2H3/t16?,18?,21-,22-/m0/s1. The first-order valence-corrected chi connectivity index (χ1v) is 13.4. The van der Waals surface area contributed by atoms with Crippen molar-refractivity contribution < 1.29 is 26.7 Å². The molecule has 9 heteroatoms. The maximum Gasteiger partial charge on any atom is 0.222 e. The Hall–Kier alpha value is -1.58. The van der Waals surface area contributed by atoms with Crippen LogP contribution in [0.25, 0.3) is 0 Å². The van der Waals surface area contributed by atoms with Crippen molar-refractivity contribution in [1.82, 2.24) is 9.62 Å². The zero-order chi connectivity index (χ0) is 23.3. The highest BCUT2D eigenvalue weighted by molar-refractivity contribution is 7.88. The van der Waals surface area contributed by atoms with Crippen LogP contribution in [0.2, 0.25) is 0 Å². The summed E-state index contributed by atoms with van der Waals surface area (Å²) in [6.07, 6.45) is 6.62. The van der Waals surface area contributed by atoms with Crippen molar-refractivity contribution in [2.24, 2.45) is 0 Å². The van der Waals surface area contributed by atoms with E-state index >= 15 is 0 Å². The summed E-state index contributed by atoms with van der Waals surface area (Å²) in [7, 11) is -3.41. The predicted octanol–water partition coefficient (Wildman–Crippen LogP) is 3.72. The maximum atomic E-state index is 14.1. The molecular weight excluding hydrogens is 438 g/mol. The van der Waals surface area contributed by atoms with Gasteiger partial charge in [-0.15, -0.1) is 0 Å². The highest BCUT2D eigenvalue weighted by Crippen LogP contribution is 2.35. The van der Waals surface area contributed by atoms with E-state index in [-0.39, 0.29) is 36.6 Å². The molecule has 1 aromatic carbocycles. The van der Waals surface area contributed by atoms with E-state index in [4.69, 9.17) is 4.74 Å². The summed E-state index contributed by atoms with van der Waals surface area (Å²) in [5.41, 5.74) is 0.547. The quantitative estimate of drug-likeness (QED) is 0.626. The molecule has 2 atom stereocenters. The third-order valence-electron chi connectivity index (χ3n) is 6.51. The highest BCUT2D eigenvalue weighted by atomic mass is 32.2. The van der Waals surface area contributed by atoms with Gasteiger partial charge in [-0.3, -0.25) is 4.79 Å². The van der Waals surface area contributed by atoms with E-state index in [1.54, 1.807) is 4.90 Å². The van der Waals surface area contributed by atoms with Crippen LogP contribution in [0, 0.1) is 11.6 Å². The van der Waals surface area contributed by atoms with E-state index in [0.717, 1.165) is 50.8 Å². The summed E-state index contributed by atoms with van der Waals surface area (Å²) in [6, 6.07) is 3.03. The third-order valence-corrected chi connectivity index (χ3v) is 7.24. The number of benzene rings is 1. The van der Waals surface area contributed by atoms with Gasteiger partial charge in [-0.2, -0.15) is 0 Å². The van der Waals surface area contributed by atoms with Crippen LogP contribution in [-0.2, 0) is 19.6 Å². The molecule has 32 heavy (non-hydrogen) atoms. The molecule has 2 fully saturated rings. The van der Waals surface area contributed by atoms with Crippen molar-refractivity contribution in [3.63, 3.8) is 0 Å². The minimum atomic E-state index is -3.41. The highest BCUT2D eigenvalue weighted by Gasteiger charge is 2.36. The molecule has 180 valence electrons. The van der Waals surface area contributed by atoms with Crippen molar-refractivity contribution in [2.75, 3.05) is 19.4 Å². The first-order chi connectivity index (χ1) is 15.2. The van der Waals surface area contributed by atoms with Gasteiger partial charge < -0.3 is 9.64 Å². The normalized spacial score (nSPS) is 26.8. The number of ether oxygens (including phenoxy) is 1. The van der Waals surface area contributed by atoms with Gasteiger partial charge in [0.05, 0.1) is 25.0 Å². The average Bonchev–Trinajstić information content (AvgIpc) is 2.72. The lowest BCUT2D eigenvalue weighted by Crippen LogP contribution is -2.59. The molecule has 1 saturated carbocycles. The number of rotatable bonds is 8. The Morgan fingerprint density at radius 2 is 1.91 bits per heavy atom. The molecule has 0 aromatic heterocycles. The summed E-state index contributed by atoms with van der Waals surface area (Å²) in [4.78, 5) is 14.4. The molecule has 2 aliphatic rings. The molecule has 0 bridgehead atoms. The maximum absolute atomic E-state index is 14.1. The minimum Gasteiger partial charge on any atom is -0.376 e. The van der Waals surface area contributed by atoms with E-state index in [1.807, 2.05) is 6.92 Å². The Labute approximate surface area is 189 Å². The van der Waals surface area contributed by atoms with Crippen LogP contribution < -0.4 is 4.72 Å². The largest absolute Gasteiger partial charge is 0.376 e. The van der Waals surface area contributed by atoms with Gasteiger partial charge in [-0.1, -0.05) is 13.0 Å². The first-order valence-electron chi connectivity index (χ1n) is 11.5.